The van der Waals surface area contributed by atoms with E-state index in [0.29, 0.717) is 5.92 Å². The van der Waals surface area contributed by atoms with Crippen molar-refractivity contribution in [2.24, 2.45) is 0 Å². The Kier molecular flexibility index (Phi) is 7.26. The van der Waals surface area contributed by atoms with Crippen molar-refractivity contribution in [2.75, 3.05) is 0 Å². The van der Waals surface area contributed by atoms with Crippen molar-refractivity contribution in [3.8, 4) is 33.6 Å². The van der Waals surface area contributed by atoms with Crippen molar-refractivity contribution >= 4 is 43.6 Å². The van der Waals surface area contributed by atoms with Gasteiger partial charge in [0.05, 0.1) is 22.1 Å². The normalized spacial score (nSPS) is 12.2. The zero-order chi connectivity index (χ0) is 34.9. The van der Waals surface area contributed by atoms with Gasteiger partial charge in [0.2, 0.25) is 0 Å². The van der Waals surface area contributed by atoms with Gasteiger partial charge in [-0.1, -0.05) is 144 Å². The van der Waals surface area contributed by atoms with Gasteiger partial charge in [-0.15, -0.1) is 0 Å². The molecule has 9 rings (SSSR count). The van der Waals surface area contributed by atoms with E-state index in [1.54, 1.807) is 0 Å². The van der Waals surface area contributed by atoms with Gasteiger partial charge in [0, 0.05) is 32.9 Å². The van der Waals surface area contributed by atoms with Crippen LogP contribution in [0.2, 0.25) is 0 Å². The van der Waals surface area contributed by atoms with Crippen molar-refractivity contribution in [1.82, 2.24) is 9.13 Å². The van der Waals surface area contributed by atoms with Crippen LogP contribution >= 0.6 is 0 Å². The van der Waals surface area contributed by atoms with E-state index in [2.05, 4.69) is 201 Å². The van der Waals surface area contributed by atoms with Gasteiger partial charge in [0.25, 0.3) is 0 Å². The molecule has 0 spiro atoms. The average Bonchev–Trinajstić information content (AvgIpc) is 3.66. The number of hydrogen-bond acceptors (Lipinski definition) is 0. The maximum atomic E-state index is 2.46. The van der Waals surface area contributed by atoms with Crippen molar-refractivity contribution in [3.63, 3.8) is 0 Å². The summed E-state index contributed by atoms with van der Waals surface area (Å²) in [5.41, 5.74) is 14.8. The summed E-state index contributed by atoms with van der Waals surface area (Å²) in [6, 6.07) is 58.6. The molecular formula is C49H42N2. The fourth-order valence-corrected chi connectivity index (χ4v) is 7.81. The lowest BCUT2D eigenvalue weighted by molar-refractivity contribution is 0.591. The van der Waals surface area contributed by atoms with Gasteiger partial charge in [0.1, 0.15) is 0 Å². The van der Waals surface area contributed by atoms with Crippen LogP contribution in [0.4, 0.5) is 0 Å². The molecule has 0 aliphatic carbocycles. The molecule has 2 heteroatoms. The van der Waals surface area contributed by atoms with Gasteiger partial charge >= 0.3 is 0 Å². The Morgan fingerprint density at radius 2 is 0.843 bits per heavy atom. The molecule has 51 heavy (non-hydrogen) atoms. The first-order chi connectivity index (χ1) is 24.7. The van der Waals surface area contributed by atoms with Crippen LogP contribution in [0.25, 0.3) is 77.2 Å². The van der Waals surface area contributed by atoms with Gasteiger partial charge < -0.3 is 9.13 Å². The topological polar surface area (TPSA) is 9.86 Å². The third-order valence-electron chi connectivity index (χ3n) is 10.7. The van der Waals surface area contributed by atoms with Crippen LogP contribution in [-0.4, -0.2) is 9.13 Å². The first-order valence-corrected chi connectivity index (χ1v) is 18.1. The van der Waals surface area contributed by atoms with Crippen molar-refractivity contribution in [3.05, 3.63) is 169 Å². The molecule has 2 heterocycles. The van der Waals surface area contributed by atoms with Gasteiger partial charge in [-0.3, -0.25) is 0 Å². The molecule has 0 saturated carbocycles. The van der Waals surface area contributed by atoms with Crippen LogP contribution in [0.5, 0.6) is 0 Å². The molecule has 0 fully saturated rings. The van der Waals surface area contributed by atoms with E-state index in [9.17, 15) is 0 Å². The average molecular weight is 659 g/mol. The SMILES string of the molecule is CC(C)c1ccc(-n2c3ccccc3c3ccc(-c4ccc5c6ccc(C(C)(C)C)cc6n(-c6ccc(-c7ccccc7)cc6)c5c4)cc32)cc1. The highest BCUT2D eigenvalue weighted by Crippen LogP contribution is 2.39. The second kappa shape index (κ2) is 11.9. The van der Waals surface area contributed by atoms with Crippen LogP contribution in [0.3, 0.4) is 0 Å². The summed E-state index contributed by atoms with van der Waals surface area (Å²) in [6.07, 6.45) is 0. The number of benzene rings is 7. The maximum absolute atomic E-state index is 2.46. The molecule has 0 bridgehead atoms. The highest BCUT2D eigenvalue weighted by atomic mass is 15.0. The van der Waals surface area contributed by atoms with Crippen molar-refractivity contribution in [1.29, 1.82) is 0 Å². The molecule has 0 radical (unpaired) electrons. The van der Waals surface area contributed by atoms with E-state index >= 15 is 0 Å². The molecule has 0 aliphatic heterocycles. The van der Waals surface area contributed by atoms with Crippen molar-refractivity contribution in [2.45, 2.75) is 46.0 Å². The molecule has 7 aromatic carbocycles. The Morgan fingerprint density at radius 1 is 0.392 bits per heavy atom. The monoisotopic (exact) mass is 658 g/mol. The lowest BCUT2D eigenvalue weighted by Gasteiger charge is -2.19. The summed E-state index contributed by atoms with van der Waals surface area (Å²) < 4.78 is 4.89. The van der Waals surface area contributed by atoms with Gasteiger partial charge in [-0.25, -0.2) is 0 Å². The predicted octanol–water partition coefficient (Wildman–Crippen LogP) is 13.6. The number of aromatic nitrogens is 2. The molecule has 2 aromatic heterocycles. The highest BCUT2D eigenvalue weighted by molar-refractivity contribution is 6.12. The molecule has 2 nitrogen and oxygen atoms in total. The fourth-order valence-electron chi connectivity index (χ4n) is 7.81. The highest BCUT2D eigenvalue weighted by Gasteiger charge is 2.20. The van der Waals surface area contributed by atoms with E-state index in [-0.39, 0.29) is 5.41 Å². The molecule has 0 atom stereocenters. The summed E-state index contributed by atoms with van der Waals surface area (Å²) in [7, 11) is 0. The Balaban J connectivity index is 1.25. The quantitative estimate of drug-likeness (QED) is 0.174. The predicted molar refractivity (Wildman–Crippen MR) is 219 cm³/mol. The summed E-state index contributed by atoms with van der Waals surface area (Å²) in [4.78, 5) is 0. The smallest absolute Gasteiger partial charge is 0.0547 e. The van der Waals surface area contributed by atoms with Crippen LogP contribution < -0.4 is 0 Å². The van der Waals surface area contributed by atoms with Crippen LogP contribution in [0, 0.1) is 0 Å². The van der Waals surface area contributed by atoms with Crippen LogP contribution in [-0.2, 0) is 5.41 Å². The molecule has 0 aliphatic rings. The third kappa shape index (κ3) is 5.25. The second-order valence-corrected chi connectivity index (χ2v) is 15.3. The zero-order valence-corrected chi connectivity index (χ0v) is 30.0. The summed E-state index contributed by atoms with van der Waals surface area (Å²) >= 11 is 0. The van der Waals surface area contributed by atoms with E-state index in [4.69, 9.17) is 0 Å². The van der Waals surface area contributed by atoms with E-state index < -0.39 is 0 Å². The van der Waals surface area contributed by atoms with E-state index in [1.165, 1.54) is 88.4 Å². The first kappa shape index (κ1) is 31.1. The number of rotatable bonds is 5. The molecule has 0 amide bonds. The molecule has 0 N–H and O–H groups in total. The fraction of sp³-hybridized carbons (Fsp3) is 0.143. The van der Waals surface area contributed by atoms with Gasteiger partial charge in [-0.05, 0) is 93.2 Å². The number of hydrogen-bond donors (Lipinski definition) is 0. The second-order valence-electron chi connectivity index (χ2n) is 15.3. The number of nitrogens with zero attached hydrogens (tertiary/aromatic N) is 2. The minimum Gasteiger partial charge on any atom is -0.309 e. The number of fused-ring (bicyclic) bond motifs is 6. The van der Waals surface area contributed by atoms with E-state index in [1.807, 2.05) is 0 Å². The molecule has 0 unspecified atom stereocenters. The van der Waals surface area contributed by atoms with Gasteiger partial charge in [0.15, 0.2) is 0 Å². The molecular weight excluding hydrogens is 617 g/mol. The molecule has 0 saturated heterocycles. The Labute approximate surface area is 300 Å². The van der Waals surface area contributed by atoms with Gasteiger partial charge in [-0.2, -0.15) is 0 Å². The third-order valence-corrected chi connectivity index (χ3v) is 10.7. The van der Waals surface area contributed by atoms with Crippen LogP contribution in [0.1, 0.15) is 51.7 Å². The van der Waals surface area contributed by atoms with E-state index in [0.717, 1.165) is 0 Å². The van der Waals surface area contributed by atoms with Crippen molar-refractivity contribution < 1.29 is 0 Å². The number of para-hydroxylation sites is 1. The first-order valence-electron chi connectivity index (χ1n) is 18.1. The minimum atomic E-state index is 0.0424. The summed E-state index contributed by atoms with van der Waals surface area (Å²) in [6.45, 7) is 11.4. The lowest BCUT2D eigenvalue weighted by atomic mass is 9.86. The minimum absolute atomic E-state index is 0.0424. The Hall–Kier alpha value is -5.86. The molecule has 9 aromatic rings. The largest absolute Gasteiger partial charge is 0.309 e. The standard InChI is InChI=1S/C49H42N2/c1-32(2)33-15-22-39(23-16-33)50-45-14-10-9-13-41(45)42-26-19-36(29-46(42)50)37-20-27-43-44-28-21-38(49(3,4)5)31-48(44)51(47(43)30-37)40-24-17-35(18-25-40)34-11-7-6-8-12-34/h6-32H,1-5H3. The van der Waals surface area contributed by atoms with Crippen LogP contribution in [0.15, 0.2) is 158 Å². The Morgan fingerprint density at radius 3 is 1.43 bits per heavy atom. The zero-order valence-electron chi connectivity index (χ0n) is 30.0. The Bertz CT molecular complexity index is 2710. The maximum Gasteiger partial charge on any atom is 0.0547 e. The summed E-state index contributed by atoms with van der Waals surface area (Å²) in [5, 5.41) is 5.08. The molecule has 248 valence electrons. The summed E-state index contributed by atoms with van der Waals surface area (Å²) in [5.74, 6) is 0.496. The lowest BCUT2D eigenvalue weighted by Crippen LogP contribution is -2.10.